The van der Waals surface area contributed by atoms with E-state index in [-0.39, 0.29) is 0 Å². The first kappa shape index (κ1) is 11.7. The van der Waals surface area contributed by atoms with Crippen LogP contribution in [0.4, 0.5) is 32.0 Å². The topological polar surface area (TPSA) is 26.0 Å². The molecule has 84 valence electrons. The fourth-order valence-electron chi connectivity index (χ4n) is 1.04. The normalized spacial score (nSPS) is 11.9. The van der Waals surface area contributed by atoms with E-state index in [0.717, 1.165) is 6.92 Å². The summed E-state index contributed by atoms with van der Waals surface area (Å²) in [5, 5.41) is 0. The minimum absolute atomic E-state index is 0.763. The number of anilines is 1. The maximum atomic E-state index is 13.0. The average molecular weight is 229 g/mol. The fourth-order valence-corrected chi connectivity index (χ4v) is 1.04. The van der Waals surface area contributed by atoms with E-state index in [0.29, 0.717) is 0 Å². The van der Waals surface area contributed by atoms with Crippen molar-refractivity contribution < 1.29 is 26.3 Å². The predicted molar refractivity (Wildman–Crippen MR) is 40.5 cm³/mol. The van der Waals surface area contributed by atoms with Crippen LogP contribution in [0.25, 0.3) is 0 Å². The van der Waals surface area contributed by atoms with Crippen LogP contribution in [0.5, 0.6) is 0 Å². The standard InChI is InChI=1S/C8H5F6N/c1-2-4(9)3(8(12,13)14)5(10)6(11)7(2)15/h15H2,1H3. The lowest BCUT2D eigenvalue weighted by molar-refractivity contribution is -0.142. The Hall–Kier alpha value is -1.40. The number of hydrogen-bond donors (Lipinski definition) is 1. The molecular weight excluding hydrogens is 224 g/mol. The SMILES string of the molecule is Cc1c(N)c(F)c(F)c(C(F)(F)F)c1F. The Balaban J connectivity index is 3.68. The van der Waals surface area contributed by atoms with Crippen molar-refractivity contribution >= 4 is 5.69 Å². The predicted octanol–water partition coefficient (Wildman–Crippen LogP) is 3.01. The van der Waals surface area contributed by atoms with Crippen LogP contribution in [0.2, 0.25) is 0 Å². The number of nitrogens with two attached hydrogens (primary N) is 1. The minimum atomic E-state index is -5.30. The third-order valence-corrected chi connectivity index (χ3v) is 1.88. The number of nitrogen functional groups attached to an aromatic ring is 1. The van der Waals surface area contributed by atoms with Crippen LogP contribution in [0.3, 0.4) is 0 Å². The van der Waals surface area contributed by atoms with Gasteiger partial charge < -0.3 is 5.73 Å². The molecule has 2 N–H and O–H groups in total. The molecule has 0 aliphatic carbocycles. The van der Waals surface area contributed by atoms with E-state index in [4.69, 9.17) is 5.73 Å². The molecule has 0 saturated carbocycles. The van der Waals surface area contributed by atoms with Crippen molar-refractivity contribution in [1.82, 2.24) is 0 Å². The van der Waals surface area contributed by atoms with Crippen LogP contribution in [0, 0.1) is 24.4 Å². The van der Waals surface area contributed by atoms with Gasteiger partial charge >= 0.3 is 6.18 Å². The van der Waals surface area contributed by atoms with Gasteiger partial charge in [0, 0.05) is 5.56 Å². The number of benzene rings is 1. The molecule has 1 nitrogen and oxygen atoms in total. The Labute approximate surface area is 80.5 Å². The molecule has 0 fully saturated rings. The van der Waals surface area contributed by atoms with Gasteiger partial charge in [-0.1, -0.05) is 0 Å². The highest BCUT2D eigenvalue weighted by atomic mass is 19.4. The summed E-state index contributed by atoms with van der Waals surface area (Å²) in [7, 11) is 0. The van der Waals surface area contributed by atoms with E-state index in [1.807, 2.05) is 0 Å². The first-order valence-electron chi connectivity index (χ1n) is 3.67. The summed E-state index contributed by atoms with van der Waals surface area (Å²) in [6, 6.07) is 0. The van der Waals surface area contributed by atoms with E-state index < -0.39 is 40.4 Å². The highest BCUT2D eigenvalue weighted by Crippen LogP contribution is 2.37. The third kappa shape index (κ3) is 1.73. The highest BCUT2D eigenvalue weighted by molar-refractivity contribution is 5.51. The molecule has 0 bridgehead atoms. The van der Waals surface area contributed by atoms with Crippen LogP contribution in [0.15, 0.2) is 0 Å². The molecule has 1 rings (SSSR count). The number of halogens is 6. The Kier molecular flexibility index (Phi) is 2.58. The molecule has 7 heteroatoms. The molecule has 0 amide bonds. The lowest BCUT2D eigenvalue weighted by Gasteiger charge is -2.13. The van der Waals surface area contributed by atoms with E-state index in [1.54, 1.807) is 0 Å². The van der Waals surface area contributed by atoms with Gasteiger partial charge in [0.05, 0.1) is 5.69 Å². The second kappa shape index (κ2) is 3.32. The average Bonchev–Trinajstić information content (AvgIpc) is 2.09. The van der Waals surface area contributed by atoms with Crippen LogP contribution in [-0.4, -0.2) is 0 Å². The van der Waals surface area contributed by atoms with Gasteiger partial charge in [0.2, 0.25) is 0 Å². The second-order valence-corrected chi connectivity index (χ2v) is 2.85. The molecule has 0 heterocycles. The van der Waals surface area contributed by atoms with Crippen molar-refractivity contribution in [1.29, 1.82) is 0 Å². The van der Waals surface area contributed by atoms with E-state index in [1.165, 1.54) is 0 Å². The van der Waals surface area contributed by atoms with Crippen LogP contribution in [-0.2, 0) is 6.18 Å². The number of hydrogen-bond acceptors (Lipinski definition) is 1. The van der Waals surface area contributed by atoms with Crippen LogP contribution >= 0.6 is 0 Å². The molecule has 1 aromatic rings. The van der Waals surface area contributed by atoms with Gasteiger partial charge in [-0.3, -0.25) is 0 Å². The Morgan fingerprint density at radius 3 is 1.80 bits per heavy atom. The smallest absolute Gasteiger partial charge is 0.396 e. The van der Waals surface area contributed by atoms with E-state index >= 15 is 0 Å². The Morgan fingerprint density at radius 2 is 1.40 bits per heavy atom. The van der Waals surface area contributed by atoms with Gasteiger partial charge in [0.1, 0.15) is 11.4 Å². The monoisotopic (exact) mass is 229 g/mol. The van der Waals surface area contributed by atoms with Gasteiger partial charge in [-0.05, 0) is 6.92 Å². The summed E-state index contributed by atoms with van der Waals surface area (Å²) in [5.41, 5.74) is 0.893. The minimum Gasteiger partial charge on any atom is -0.396 e. The number of alkyl halides is 3. The lowest BCUT2D eigenvalue weighted by atomic mass is 10.1. The van der Waals surface area contributed by atoms with Crippen molar-refractivity contribution in [3.8, 4) is 0 Å². The zero-order valence-corrected chi connectivity index (χ0v) is 7.35. The maximum Gasteiger partial charge on any atom is 0.422 e. The molecule has 0 unspecified atom stereocenters. The third-order valence-electron chi connectivity index (χ3n) is 1.88. The van der Waals surface area contributed by atoms with Gasteiger partial charge in [-0.25, -0.2) is 13.2 Å². The zero-order valence-electron chi connectivity index (χ0n) is 7.35. The quantitative estimate of drug-likeness (QED) is 0.413. The molecule has 1 aromatic carbocycles. The molecule has 0 radical (unpaired) electrons. The van der Waals surface area contributed by atoms with Gasteiger partial charge in [-0.2, -0.15) is 13.2 Å². The number of rotatable bonds is 0. The molecule has 15 heavy (non-hydrogen) atoms. The van der Waals surface area contributed by atoms with Crippen LogP contribution < -0.4 is 5.73 Å². The van der Waals surface area contributed by atoms with E-state index in [9.17, 15) is 26.3 Å². The van der Waals surface area contributed by atoms with Gasteiger partial charge in [0.15, 0.2) is 11.6 Å². The largest absolute Gasteiger partial charge is 0.422 e. The first-order chi connectivity index (χ1) is 6.68. The summed E-state index contributed by atoms with van der Waals surface area (Å²) in [6.07, 6.45) is -5.30. The molecule has 0 aliphatic rings. The summed E-state index contributed by atoms with van der Waals surface area (Å²) in [5.74, 6) is -6.09. The molecule has 0 spiro atoms. The second-order valence-electron chi connectivity index (χ2n) is 2.85. The summed E-state index contributed by atoms with van der Waals surface area (Å²) in [4.78, 5) is 0. The molecule has 0 aliphatic heterocycles. The van der Waals surface area contributed by atoms with Crippen molar-refractivity contribution in [2.24, 2.45) is 0 Å². The highest BCUT2D eigenvalue weighted by Gasteiger charge is 2.40. The Morgan fingerprint density at radius 1 is 0.933 bits per heavy atom. The van der Waals surface area contributed by atoms with Crippen LogP contribution in [0.1, 0.15) is 11.1 Å². The van der Waals surface area contributed by atoms with Gasteiger partial charge in [-0.15, -0.1) is 0 Å². The van der Waals surface area contributed by atoms with Crippen molar-refractivity contribution in [3.63, 3.8) is 0 Å². The zero-order chi connectivity index (χ0) is 12.0. The maximum absolute atomic E-state index is 13.0. The lowest BCUT2D eigenvalue weighted by Crippen LogP contribution is -2.16. The van der Waals surface area contributed by atoms with Crippen molar-refractivity contribution in [2.75, 3.05) is 5.73 Å². The fraction of sp³-hybridized carbons (Fsp3) is 0.250. The molecule has 0 atom stereocenters. The Bertz CT molecular complexity index is 380. The molecule has 0 aromatic heterocycles. The summed E-state index contributed by atoms with van der Waals surface area (Å²) in [6.45, 7) is 0.836. The summed E-state index contributed by atoms with van der Waals surface area (Å²) >= 11 is 0. The molecular formula is C8H5F6N. The van der Waals surface area contributed by atoms with Crippen molar-refractivity contribution in [2.45, 2.75) is 13.1 Å². The summed E-state index contributed by atoms with van der Waals surface area (Å²) < 4.78 is 74.9. The van der Waals surface area contributed by atoms with Gasteiger partial charge in [0.25, 0.3) is 0 Å². The molecule has 0 saturated heterocycles. The van der Waals surface area contributed by atoms with Crippen molar-refractivity contribution in [3.05, 3.63) is 28.6 Å². The first-order valence-corrected chi connectivity index (χ1v) is 3.67. The van der Waals surface area contributed by atoms with E-state index in [2.05, 4.69) is 0 Å².